The Bertz CT molecular complexity index is 520. The molecule has 0 radical (unpaired) electrons. The lowest BCUT2D eigenvalue weighted by Gasteiger charge is -2.22. The first-order valence-electron chi connectivity index (χ1n) is 7.33. The zero-order valence-corrected chi connectivity index (χ0v) is 12.6. The minimum absolute atomic E-state index is 0.549. The number of rotatable bonds is 6. The molecule has 1 atom stereocenters. The highest BCUT2D eigenvalue weighted by Gasteiger charge is 2.15. The number of benzene rings is 1. The minimum atomic E-state index is 0.549. The van der Waals surface area contributed by atoms with Gasteiger partial charge >= 0.3 is 0 Å². The predicted octanol–water partition coefficient (Wildman–Crippen LogP) is 3.92. The minimum Gasteiger partial charge on any atom is -0.312 e. The summed E-state index contributed by atoms with van der Waals surface area (Å²) in [6, 6.07) is 12.8. The van der Waals surface area contributed by atoms with Gasteiger partial charge in [0.1, 0.15) is 0 Å². The van der Waals surface area contributed by atoms with Gasteiger partial charge in [-0.05, 0) is 41.5 Å². The summed E-state index contributed by atoms with van der Waals surface area (Å²) >= 11 is 0. The van der Waals surface area contributed by atoms with E-state index in [1.54, 1.807) is 0 Å². The van der Waals surface area contributed by atoms with Gasteiger partial charge in [-0.3, -0.25) is 4.98 Å². The van der Waals surface area contributed by atoms with Crippen molar-refractivity contribution in [3.63, 3.8) is 0 Å². The number of pyridine rings is 1. The SMILES string of the molecule is Cc1ccncc1CNCC(c1ccccc1)C(C)C. The molecule has 0 fully saturated rings. The average Bonchev–Trinajstić information content (AvgIpc) is 2.46. The number of hydrogen-bond donors (Lipinski definition) is 1. The van der Waals surface area contributed by atoms with E-state index >= 15 is 0 Å². The highest BCUT2D eigenvalue weighted by molar-refractivity contribution is 5.22. The van der Waals surface area contributed by atoms with E-state index in [1.807, 2.05) is 12.4 Å². The summed E-state index contributed by atoms with van der Waals surface area (Å²) < 4.78 is 0. The van der Waals surface area contributed by atoms with Crippen molar-refractivity contribution >= 4 is 0 Å². The van der Waals surface area contributed by atoms with Gasteiger partial charge in [0.05, 0.1) is 0 Å². The van der Waals surface area contributed by atoms with Crippen LogP contribution in [0.15, 0.2) is 48.8 Å². The van der Waals surface area contributed by atoms with Crippen molar-refractivity contribution in [1.82, 2.24) is 10.3 Å². The molecule has 20 heavy (non-hydrogen) atoms. The number of hydrogen-bond acceptors (Lipinski definition) is 2. The smallest absolute Gasteiger partial charge is 0.0315 e. The van der Waals surface area contributed by atoms with Gasteiger partial charge in [-0.15, -0.1) is 0 Å². The number of aryl methyl sites for hydroxylation is 1. The summed E-state index contributed by atoms with van der Waals surface area (Å²) in [7, 11) is 0. The van der Waals surface area contributed by atoms with E-state index in [0.29, 0.717) is 11.8 Å². The Morgan fingerprint density at radius 2 is 1.85 bits per heavy atom. The third kappa shape index (κ3) is 3.91. The fourth-order valence-electron chi connectivity index (χ4n) is 2.48. The molecule has 1 heterocycles. The van der Waals surface area contributed by atoms with E-state index in [4.69, 9.17) is 0 Å². The molecule has 106 valence electrons. The Morgan fingerprint density at radius 1 is 1.10 bits per heavy atom. The molecule has 2 aromatic rings. The van der Waals surface area contributed by atoms with Crippen LogP contribution in [0.2, 0.25) is 0 Å². The molecule has 2 rings (SSSR count). The molecule has 2 heteroatoms. The quantitative estimate of drug-likeness (QED) is 0.859. The first-order valence-corrected chi connectivity index (χ1v) is 7.33. The van der Waals surface area contributed by atoms with E-state index in [9.17, 15) is 0 Å². The Kier molecular flexibility index (Phi) is 5.31. The molecule has 1 aromatic heterocycles. The molecule has 0 aliphatic carbocycles. The molecule has 0 aliphatic heterocycles. The van der Waals surface area contributed by atoms with Gasteiger partial charge in [0.15, 0.2) is 0 Å². The zero-order valence-electron chi connectivity index (χ0n) is 12.6. The first-order chi connectivity index (χ1) is 9.68. The highest BCUT2D eigenvalue weighted by atomic mass is 14.9. The molecule has 1 N–H and O–H groups in total. The average molecular weight is 268 g/mol. The Balaban J connectivity index is 1.95. The van der Waals surface area contributed by atoms with Gasteiger partial charge in [0, 0.05) is 25.5 Å². The second-order valence-corrected chi connectivity index (χ2v) is 5.69. The maximum absolute atomic E-state index is 4.20. The predicted molar refractivity (Wildman–Crippen MR) is 84.7 cm³/mol. The number of nitrogens with one attached hydrogen (secondary N) is 1. The van der Waals surface area contributed by atoms with E-state index in [0.717, 1.165) is 13.1 Å². The van der Waals surface area contributed by atoms with Crippen molar-refractivity contribution in [3.05, 3.63) is 65.5 Å². The van der Waals surface area contributed by atoms with Crippen molar-refractivity contribution in [1.29, 1.82) is 0 Å². The summed E-state index contributed by atoms with van der Waals surface area (Å²) in [6.07, 6.45) is 3.80. The molecule has 0 saturated heterocycles. The molecule has 0 amide bonds. The van der Waals surface area contributed by atoms with Crippen molar-refractivity contribution in [2.45, 2.75) is 33.2 Å². The molecule has 2 nitrogen and oxygen atoms in total. The lowest BCUT2D eigenvalue weighted by Crippen LogP contribution is -2.24. The van der Waals surface area contributed by atoms with Crippen molar-refractivity contribution in [2.75, 3.05) is 6.54 Å². The monoisotopic (exact) mass is 268 g/mol. The molecule has 1 unspecified atom stereocenters. The summed E-state index contributed by atoms with van der Waals surface area (Å²) in [5.74, 6) is 1.17. The highest BCUT2D eigenvalue weighted by Crippen LogP contribution is 2.23. The van der Waals surface area contributed by atoms with E-state index in [1.165, 1.54) is 16.7 Å². The second kappa shape index (κ2) is 7.20. The lowest BCUT2D eigenvalue weighted by molar-refractivity contribution is 0.461. The van der Waals surface area contributed by atoms with Gasteiger partial charge in [0.2, 0.25) is 0 Å². The van der Waals surface area contributed by atoms with Crippen molar-refractivity contribution < 1.29 is 0 Å². The zero-order chi connectivity index (χ0) is 14.4. The molecule has 0 spiro atoms. The second-order valence-electron chi connectivity index (χ2n) is 5.69. The molecular formula is C18H24N2. The Morgan fingerprint density at radius 3 is 2.50 bits per heavy atom. The van der Waals surface area contributed by atoms with Crippen molar-refractivity contribution in [2.24, 2.45) is 5.92 Å². The van der Waals surface area contributed by atoms with E-state index < -0.39 is 0 Å². The van der Waals surface area contributed by atoms with E-state index in [2.05, 4.69) is 67.5 Å². The Labute approximate surface area is 122 Å². The number of nitrogens with zero attached hydrogens (tertiary/aromatic N) is 1. The summed E-state index contributed by atoms with van der Waals surface area (Å²) in [5, 5.41) is 3.58. The van der Waals surface area contributed by atoms with Crippen LogP contribution in [-0.4, -0.2) is 11.5 Å². The third-order valence-corrected chi connectivity index (χ3v) is 3.86. The van der Waals surface area contributed by atoms with E-state index in [-0.39, 0.29) is 0 Å². The third-order valence-electron chi connectivity index (χ3n) is 3.86. The Hall–Kier alpha value is -1.67. The molecule has 0 bridgehead atoms. The lowest BCUT2D eigenvalue weighted by atomic mass is 9.88. The van der Waals surface area contributed by atoms with Crippen LogP contribution >= 0.6 is 0 Å². The number of aromatic nitrogens is 1. The summed E-state index contributed by atoms with van der Waals surface area (Å²) in [4.78, 5) is 4.20. The van der Waals surface area contributed by atoms with Gasteiger partial charge in [-0.25, -0.2) is 0 Å². The van der Waals surface area contributed by atoms with Crippen LogP contribution in [0.4, 0.5) is 0 Å². The largest absolute Gasteiger partial charge is 0.312 e. The normalized spacial score (nSPS) is 12.6. The summed E-state index contributed by atoms with van der Waals surface area (Å²) in [5.41, 5.74) is 3.99. The van der Waals surface area contributed by atoms with Gasteiger partial charge in [-0.2, -0.15) is 0 Å². The molecule has 0 saturated carbocycles. The standard InChI is InChI=1S/C18H24N2/c1-14(2)18(16-7-5-4-6-8-16)13-20-12-17-11-19-10-9-15(17)3/h4-11,14,18,20H,12-13H2,1-3H3. The van der Waals surface area contributed by atoms with Crippen LogP contribution in [0, 0.1) is 12.8 Å². The first kappa shape index (κ1) is 14.7. The van der Waals surface area contributed by atoms with Crippen LogP contribution in [0.3, 0.4) is 0 Å². The van der Waals surface area contributed by atoms with Crippen LogP contribution < -0.4 is 5.32 Å². The molecule has 1 aromatic carbocycles. The molecule has 0 aliphatic rings. The fourth-order valence-corrected chi connectivity index (χ4v) is 2.48. The topological polar surface area (TPSA) is 24.9 Å². The summed E-state index contributed by atoms with van der Waals surface area (Å²) in [6.45, 7) is 8.59. The maximum Gasteiger partial charge on any atom is 0.0315 e. The fraction of sp³-hybridized carbons (Fsp3) is 0.389. The van der Waals surface area contributed by atoms with Crippen LogP contribution in [-0.2, 0) is 6.54 Å². The van der Waals surface area contributed by atoms with Gasteiger partial charge in [-0.1, -0.05) is 44.2 Å². The molecular weight excluding hydrogens is 244 g/mol. The van der Waals surface area contributed by atoms with Gasteiger partial charge < -0.3 is 5.32 Å². The maximum atomic E-state index is 4.20. The van der Waals surface area contributed by atoms with Gasteiger partial charge in [0.25, 0.3) is 0 Å². The van der Waals surface area contributed by atoms with Crippen LogP contribution in [0.5, 0.6) is 0 Å². The van der Waals surface area contributed by atoms with Crippen molar-refractivity contribution in [3.8, 4) is 0 Å². The van der Waals surface area contributed by atoms with Crippen LogP contribution in [0.1, 0.15) is 36.5 Å². The van der Waals surface area contributed by atoms with Crippen LogP contribution in [0.25, 0.3) is 0 Å².